The van der Waals surface area contributed by atoms with Crippen LogP contribution < -0.4 is 5.32 Å². The Morgan fingerprint density at radius 1 is 0.682 bits per heavy atom. The van der Waals surface area contributed by atoms with Gasteiger partial charge in [0.15, 0.2) is 5.70 Å². The van der Waals surface area contributed by atoms with E-state index in [1.54, 1.807) is 30.3 Å². The summed E-state index contributed by atoms with van der Waals surface area (Å²) < 4.78 is 65.7. The standard InChI is InChI=1S/C29H21N5O8S2/c35-28-25-15-12-23(30-29(36)18-4-2-1-3-5-18)16-19(25)17-26(44(40,41)42)27(28)34-33-21-8-6-20(7-9-21)31-32-22-10-13-24(14-11-22)43(37,38)39/h1-16H,17H2,(H,30,36)(H,37,38,39)(H,40,41,42). The molecule has 0 saturated carbocycles. The topological polar surface area (TPSA) is 204 Å². The number of Topliss-reactive ketones (excluding diaryl/α,β-unsaturated/α-hetero) is 1. The lowest BCUT2D eigenvalue weighted by atomic mass is 9.93. The molecule has 1 aliphatic rings. The third-order valence-electron chi connectivity index (χ3n) is 6.32. The minimum atomic E-state index is -4.84. The molecule has 1 amide bonds. The highest BCUT2D eigenvalue weighted by Gasteiger charge is 2.33. The molecule has 1 aliphatic carbocycles. The van der Waals surface area contributed by atoms with Crippen molar-refractivity contribution < 1.29 is 35.5 Å². The van der Waals surface area contributed by atoms with Gasteiger partial charge in [-0.2, -0.15) is 32.2 Å². The number of carbonyl (C=O) groups excluding carboxylic acids is 2. The predicted molar refractivity (Wildman–Crippen MR) is 159 cm³/mol. The lowest BCUT2D eigenvalue weighted by molar-refractivity contribution is 0.102. The molecule has 0 spiro atoms. The smallest absolute Gasteiger partial charge is 0.294 e. The van der Waals surface area contributed by atoms with E-state index in [-0.39, 0.29) is 28.1 Å². The molecule has 0 atom stereocenters. The first-order valence-electron chi connectivity index (χ1n) is 12.6. The first kappa shape index (κ1) is 30.2. The van der Waals surface area contributed by atoms with Crippen LogP contribution in [0.3, 0.4) is 0 Å². The fourth-order valence-electron chi connectivity index (χ4n) is 4.15. The number of ketones is 1. The van der Waals surface area contributed by atoms with Crippen molar-refractivity contribution in [2.45, 2.75) is 11.3 Å². The highest BCUT2D eigenvalue weighted by atomic mass is 32.2. The highest BCUT2D eigenvalue weighted by Crippen LogP contribution is 2.33. The van der Waals surface area contributed by atoms with E-state index in [2.05, 4.69) is 25.8 Å². The summed E-state index contributed by atoms with van der Waals surface area (Å²) in [7, 11) is -9.17. The number of anilines is 1. The lowest BCUT2D eigenvalue weighted by Crippen LogP contribution is -2.21. The Balaban J connectivity index is 1.34. The Hall–Kier alpha value is -5.22. The van der Waals surface area contributed by atoms with Gasteiger partial charge in [-0.25, -0.2) is 0 Å². The van der Waals surface area contributed by atoms with Gasteiger partial charge in [-0.3, -0.25) is 18.7 Å². The first-order chi connectivity index (χ1) is 20.9. The Bertz CT molecular complexity index is 2080. The molecule has 5 rings (SSSR count). The molecule has 15 heteroatoms. The van der Waals surface area contributed by atoms with Crippen LogP contribution in [0.4, 0.5) is 22.7 Å². The number of carbonyl (C=O) groups is 2. The summed E-state index contributed by atoms with van der Waals surface area (Å²) in [5.74, 6) is -1.16. The SMILES string of the molecule is O=C(Nc1ccc2c(c1)CC(S(=O)(=O)O)=C(N=Nc1ccc(N=Nc3ccc(S(=O)(=O)O)cc3)cc1)C2=O)c1ccccc1. The van der Waals surface area contributed by atoms with E-state index in [0.717, 1.165) is 0 Å². The zero-order valence-electron chi connectivity index (χ0n) is 22.4. The van der Waals surface area contributed by atoms with Gasteiger partial charge in [-0.1, -0.05) is 18.2 Å². The van der Waals surface area contributed by atoms with Crippen molar-refractivity contribution in [3.8, 4) is 0 Å². The fourth-order valence-corrected chi connectivity index (χ4v) is 5.35. The number of hydrogen-bond donors (Lipinski definition) is 3. The maximum Gasteiger partial charge on any atom is 0.294 e. The third-order valence-corrected chi connectivity index (χ3v) is 8.14. The number of benzene rings is 4. The molecule has 0 aromatic heterocycles. The summed E-state index contributed by atoms with van der Waals surface area (Å²) in [6.45, 7) is 0. The molecular formula is C29H21N5O8S2. The van der Waals surface area contributed by atoms with Gasteiger partial charge in [-0.05, 0) is 84.4 Å². The summed E-state index contributed by atoms with van der Waals surface area (Å²) in [5.41, 5.74) is 1.56. The molecule has 4 aromatic rings. The number of hydrogen-bond acceptors (Lipinski definition) is 10. The maximum absolute atomic E-state index is 13.3. The molecule has 0 bridgehead atoms. The van der Waals surface area contributed by atoms with Gasteiger partial charge in [0.2, 0.25) is 5.78 Å². The predicted octanol–water partition coefficient (Wildman–Crippen LogP) is 6.22. The molecule has 44 heavy (non-hydrogen) atoms. The molecule has 0 aliphatic heterocycles. The van der Waals surface area contributed by atoms with Crippen LogP contribution in [0.1, 0.15) is 26.3 Å². The van der Waals surface area contributed by atoms with Gasteiger partial charge in [-0.15, -0.1) is 5.11 Å². The molecule has 4 aromatic carbocycles. The summed E-state index contributed by atoms with van der Waals surface area (Å²) in [5, 5.41) is 18.5. The van der Waals surface area contributed by atoms with Gasteiger partial charge in [0.1, 0.15) is 4.91 Å². The zero-order chi connectivity index (χ0) is 31.5. The van der Waals surface area contributed by atoms with E-state index in [4.69, 9.17) is 4.55 Å². The number of rotatable bonds is 8. The van der Waals surface area contributed by atoms with E-state index in [9.17, 15) is 31.0 Å². The molecular weight excluding hydrogens is 610 g/mol. The molecule has 222 valence electrons. The van der Waals surface area contributed by atoms with E-state index in [0.29, 0.717) is 22.6 Å². The first-order valence-corrected chi connectivity index (χ1v) is 15.5. The van der Waals surface area contributed by atoms with Crippen molar-refractivity contribution in [3.05, 3.63) is 124 Å². The largest absolute Gasteiger partial charge is 0.322 e. The van der Waals surface area contributed by atoms with Crippen molar-refractivity contribution in [3.63, 3.8) is 0 Å². The van der Waals surface area contributed by atoms with Crippen molar-refractivity contribution in [1.82, 2.24) is 0 Å². The summed E-state index contributed by atoms with van der Waals surface area (Å²) in [6, 6.07) is 23.9. The van der Waals surface area contributed by atoms with Crippen LogP contribution in [0.25, 0.3) is 0 Å². The van der Waals surface area contributed by atoms with Crippen LogP contribution >= 0.6 is 0 Å². The van der Waals surface area contributed by atoms with Crippen LogP contribution in [0.15, 0.2) is 133 Å². The van der Waals surface area contributed by atoms with Crippen molar-refractivity contribution >= 4 is 54.7 Å². The molecule has 0 fully saturated rings. The van der Waals surface area contributed by atoms with Crippen molar-refractivity contribution in [2.75, 3.05) is 5.32 Å². The maximum atomic E-state index is 13.3. The second-order valence-electron chi connectivity index (χ2n) is 9.33. The van der Waals surface area contributed by atoms with Crippen LogP contribution in [-0.4, -0.2) is 37.6 Å². The normalized spacial score (nSPS) is 13.8. The number of amides is 1. The van der Waals surface area contributed by atoms with Crippen LogP contribution in [0.5, 0.6) is 0 Å². The van der Waals surface area contributed by atoms with Gasteiger partial charge in [0, 0.05) is 23.2 Å². The number of azo groups is 2. The van der Waals surface area contributed by atoms with E-state index >= 15 is 0 Å². The van der Waals surface area contributed by atoms with Gasteiger partial charge in [0.25, 0.3) is 26.1 Å². The number of nitrogens with zero attached hydrogens (tertiary/aromatic N) is 4. The van der Waals surface area contributed by atoms with E-state index in [1.807, 2.05) is 0 Å². The minimum Gasteiger partial charge on any atom is -0.322 e. The minimum absolute atomic E-state index is 0.143. The molecule has 0 saturated heterocycles. The van der Waals surface area contributed by atoms with Gasteiger partial charge < -0.3 is 5.32 Å². The van der Waals surface area contributed by atoms with E-state index in [1.165, 1.54) is 66.7 Å². The van der Waals surface area contributed by atoms with Gasteiger partial charge in [0.05, 0.1) is 22.0 Å². The second kappa shape index (κ2) is 12.2. The average Bonchev–Trinajstić information content (AvgIpc) is 2.99. The molecule has 0 radical (unpaired) electrons. The fraction of sp³-hybridized carbons (Fsp3) is 0.0345. The second-order valence-corrected chi connectivity index (χ2v) is 12.2. The molecule has 0 heterocycles. The zero-order valence-corrected chi connectivity index (χ0v) is 24.0. The summed E-state index contributed by atoms with van der Waals surface area (Å²) in [4.78, 5) is 24.9. The van der Waals surface area contributed by atoms with Crippen LogP contribution in [0, 0.1) is 0 Å². The lowest BCUT2D eigenvalue weighted by Gasteiger charge is -2.18. The highest BCUT2D eigenvalue weighted by molar-refractivity contribution is 7.89. The molecule has 0 unspecified atom stereocenters. The Labute approximate surface area is 251 Å². The Morgan fingerprint density at radius 3 is 1.77 bits per heavy atom. The van der Waals surface area contributed by atoms with Crippen LogP contribution in [0.2, 0.25) is 0 Å². The van der Waals surface area contributed by atoms with Crippen molar-refractivity contribution in [1.29, 1.82) is 0 Å². The Morgan fingerprint density at radius 2 is 1.23 bits per heavy atom. The summed E-state index contributed by atoms with van der Waals surface area (Å²) >= 11 is 0. The monoisotopic (exact) mass is 631 g/mol. The quantitative estimate of drug-likeness (QED) is 0.150. The third kappa shape index (κ3) is 7.04. The molecule has 3 N–H and O–H groups in total. The average molecular weight is 632 g/mol. The number of nitrogens with one attached hydrogen (secondary N) is 1. The Kier molecular flexibility index (Phi) is 8.37. The number of allylic oxidation sites excluding steroid dienone is 2. The van der Waals surface area contributed by atoms with Crippen molar-refractivity contribution in [2.24, 2.45) is 20.5 Å². The summed E-state index contributed by atoms with van der Waals surface area (Å²) in [6.07, 6.45) is -0.353. The number of fused-ring (bicyclic) bond motifs is 1. The van der Waals surface area contributed by atoms with E-state index < -0.39 is 42.5 Å². The molecule has 13 nitrogen and oxygen atoms in total. The van der Waals surface area contributed by atoms with Gasteiger partial charge >= 0.3 is 0 Å². The van der Waals surface area contributed by atoms with Crippen LogP contribution in [-0.2, 0) is 26.7 Å².